The minimum Gasteiger partial charge on any atom is -0.465 e. The molecule has 1 aliphatic rings. The van der Waals surface area contributed by atoms with Crippen molar-refractivity contribution in [3.63, 3.8) is 0 Å². The van der Waals surface area contributed by atoms with Gasteiger partial charge in [0.05, 0.1) is 11.4 Å². The fourth-order valence-corrected chi connectivity index (χ4v) is 4.18. The van der Waals surface area contributed by atoms with Crippen LogP contribution in [-0.4, -0.2) is 30.4 Å². The second-order valence-electron chi connectivity index (χ2n) is 8.80. The highest BCUT2D eigenvalue weighted by molar-refractivity contribution is 5.93. The summed E-state index contributed by atoms with van der Waals surface area (Å²) in [5.74, 6) is 2.04. The summed E-state index contributed by atoms with van der Waals surface area (Å²) in [6.45, 7) is 10.4. The Morgan fingerprint density at radius 1 is 1.10 bits per heavy atom. The van der Waals surface area contributed by atoms with Gasteiger partial charge in [-0.05, 0) is 88.0 Å². The fourth-order valence-electron chi connectivity index (χ4n) is 4.18. The van der Waals surface area contributed by atoms with Crippen LogP contribution in [0.2, 0.25) is 0 Å². The SMILES string of the molecule is Cc1ccc([C@H](CNC(=O)c2cc(=O)c3cc(C)c(C)cc3o2)N2CCC(C)CC2)o1. The summed E-state index contributed by atoms with van der Waals surface area (Å²) in [7, 11) is 0. The van der Waals surface area contributed by atoms with Crippen molar-refractivity contribution in [1.82, 2.24) is 10.2 Å². The lowest BCUT2D eigenvalue weighted by molar-refractivity contribution is 0.0870. The number of carbonyl (C=O) groups is 1. The van der Waals surface area contributed by atoms with Crippen LogP contribution in [0.25, 0.3) is 11.0 Å². The topological polar surface area (TPSA) is 75.7 Å². The van der Waals surface area contributed by atoms with Crippen molar-refractivity contribution >= 4 is 16.9 Å². The number of fused-ring (bicyclic) bond motifs is 1. The average molecular weight is 423 g/mol. The summed E-state index contributed by atoms with van der Waals surface area (Å²) in [6.07, 6.45) is 2.25. The van der Waals surface area contributed by atoms with Crippen LogP contribution in [0.3, 0.4) is 0 Å². The van der Waals surface area contributed by atoms with E-state index in [0.717, 1.165) is 48.6 Å². The number of aryl methyl sites for hydroxylation is 3. The van der Waals surface area contributed by atoms with Crippen LogP contribution in [0, 0.1) is 26.7 Å². The zero-order valence-corrected chi connectivity index (χ0v) is 18.7. The first-order chi connectivity index (χ1) is 14.8. The maximum atomic E-state index is 12.9. The minimum absolute atomic E-state index is 0.0300. The number of hydrogen-bond donors (Lipinski definition) is 1. The van der Waals surface area contributed by atoms with Gasteiger partial charge in [-0.2, -0.15) is 0 Å². The molecule has 1 amide bonds. The number of piperidine rings is 1. The van der Waals surface area contributed by atoms with E-state index in [1.807, 2.05) is 45.0 Å². The Labute approximate surface area is 182 Å². The molecule has 0 unspecified atom stereocenters. The van der Waals surface area contributed by atoms with Crippen molar-refractivity contribution < 1.29 is 13.6 Å². The van der Waals surface area contributed by atoms with E-state index in [0.29, 0.717) is 23.4 Å². The van der Waals surface area contributed by atoms with E-state index < -0.39 is 5.91 Å². The molecule has 0 radical (unpaired) electrons. The summed E-state index contributed by atoms with van der Waals surface area (Å²) in [6, 6.07) is 8.77. The number of likely N-dealkylation sites (tertiary alicyclic amines) is 1. The molecular formula is C25H30N2O4. The lowest BCUT2D eigenvalue weighted by Gasteiger charge is -2.35. The van der Waals surface area contributed by atoms with Crippen molar-refractivity contribution in [3.05, 3.63) is 69.0 Å². The molecule has 1 aromatic carbocycles. The standard InChI is InChI=1S/C25H30N2O4/c1-15-7-9-27(10-8-15)20(22-6-5-18(4)30-22)14-26-25(29)24-13-21(28)19-11-16(2)17(3)12-23(19)31-24/h5-6,11-13,15,20H,7-10,14H2,1-4H3,(H,26,29)/t20-/m0/s1. The van der Waals surface area contributed by atoms with Crippen LogP contribution in [0.15, 0.2) is 44.0 Å². The fraction of sp³-hybridized carbons (Fsp3) is 0.440. The van der Waals surface area contributed by atoms with E-state index in [1.165, 1.54) is 6.07 Å². The molecule has 1 saturated heterocycles. The third-order valence-electron chi connectivity index (χ3n) is 6.37. The number of hydrogen-bond acceptors (Lipinski definition) is 5. The Morgan fingerprint density at radius 2 is 1.81 bits per heavy atom. The molecule has 6 heteroatoms. The Balaban J connectivity index is 1.55. The monoisotopic (exact) mass is 422 g/mol. The number of furan rings is 1. The van der Waals surface area contributed by atoms with Crippen LogP contribution in [0.1, 0.15) is 59.0 Å². The number of nitrogens with zero attached hydrogens (tertiary/aromatic N) is 1. The minimum atomic E-state index is -0.393. The zero-order chi connectivity index (χ0) is 22.1. The Hall–Kier alpha value is -2.86. The summed E-state index contributed by atoms with van der Waals surface area (Å²) in [5.41, 5.74) is 2.26. The molecule has 3 aromatic rings. The first-order valence-electron chi connectivity index (χ1n) is 11.0. The maximum absolute atomic E-state index is 12.9. The van der Waals surface area contributed by atoms with Gasteiger partial charge < -0.3 is 14.2 Å². The van der Waals surface area contributed by atoms with Crippen molar-refractivity contribution in [1.29, 1.82) is 0 Å². The molecule has 164 valence electrons. The average Bonchev–Trinajstić information content (AvgIpc) is 3.16. The predicted molar refractivity (Wildman–Crippen MR) is 120 cm³/mol. The molecule has 4 rings (SSSR count). The third kappa shape index (κ3) is 4.59. The molecule has 1 aliphatic heterocycles. The first-order valence-corrected chi connectivity index (χ1v) is 11.0. The maximum Gasteiger partial charge on any atom is 0.287 e. The highest BCUT2D eigenvalue weighted by Gasteiger charge is 2.27. The molecule has 0 aliphatic carbocycles. The van der Waals surface area contributed by atoms with Gasteiger partial charge in [-0.15, -0.1) is 0 Å². The molecule has 0 spiro atoms. The van der Waals surface area contributed by atoms with Gasteiger partial charge in [-0.25, -0.2) is 0 Å². The van der Waals surface area contributed by atoms with Gasteiger partial charge in [0.25, 0.3) is 5.91 Å². The Bertz CT molecular complexity index is 1150. The van der Waals surface area contributed by atoms with Gasteiger partial charge in [0.15, 0.2) is 11.2 Å². The Kier molecular flexibility index (Phi) is 6.01. The van der Waals surface area contributed by atoms with Crippen molar-refractivity contribution in [2.24, 2.45) is 5.92 Å². The predicted octanol–water partition coefficient (Wildman–Crippen LogP) is 4.51. The van der Waals surface area contributed by atoms with Gasteiger partial charge in [0.2, 0.25) is 0 Å². The van der Waals surface area contributed by atoms with Crippen LogP contribution in [-0.2, 0) is 0 Å². The second kappa shape index (κ2) is 8.71. The van der Waals surface area contributed by atoms with E-state index in [2.05, 4.69) is 17.1 Å². The third-order valence-corrected chi connectivity index (χ3v) is 6.37. The number of amides is 1. The summed E-state index contributed by atoms with van der Waals surface area (Å²) in [4.78, 5) is 27.8. The lowest BCUT2D eigenvalue weighted by atomic mass is 9.97. The molecule has 0 bridgehead atoms. The zero-order valence-electron chi connectivity index (χ0n) is 18.7. The van der Waals surface area contributed by atoms with E-state index >= 15 is 0 Å². The van der Waals surface area contributed by atoms with E-state index in [4.69, 9.17) is 8.83 Å². The van der Waals surface area contributed by atoms with E-state index in [1.54, 1.807) is 0 Å². The summed E-state index contributed by atoms with van der Waals surface area (Å²) in [5, 5.41) is 3.45. The highest BCUT2D eigenvalue weighted by Crippen LogP contribution is 2.28. The van der Waals surface area contributed by atoms with E-state index in [9.17, 15) is 9.59 Å². The Morgan fingerprint density at radius 3 is 2.48 bits per heavy atom. The summed E-state index contributed by atoms with van der Waals surface area (Å²) >= 11 is 0. The molecule has 2 aromatic heterocycles. The van der Waals surface area contributed by atoms with Crippen LogP contribution in [0.4, 0.5) is 0 Å². The molecule has 1 N–H and O–H groups in total. The van der Waals surface area contributed by atoms with Crippen molar-refractivity contribution in [3.8, 4) is 0 Å². The number of nitrogens with one attached hydrogen (secondary N) is 1. The van der Waals surface area contributed by atoms with Gasteiger partial charge in [-0.3, -0.25) is 14.5 Å². The van der Waals surface area contributed by atoms with Gasteiger partial charge in [-0.1, -0.05) is 6.92 Å². The normalized spacial score (nSPS) is 16.5. The molecule has 1 fully saturated rings. The summed E-state index contributed by atoms with van der Waals surface area (Å²) < 4.78 is 11.7. The largest absolute Gasteiger partial charge is 0.465 e. The van der Waals surface area contributed by atoms with E-state index in [-0.39, 0.29) is 17.2 Å². The first kappa shape index (κ1) is 21.4. The van der Waals surface area contributed by atoms with Gasteiger partial charge in [0, 0.05) is 12.6 Å². The molecule has 6 nitrogen and oxygen atoms in total. The van der Waals surface area contributed by atoms with Crippen LogP contribution in [0.5, 0.6) is 0 Å². The van der Waals surface area contributed by atoms with Crippen molar-refractivity contribution in [2.75, 3.05) is 19.6 Å². The number of carbonyl (C=O) groups excluding carboxylic acids is 1. The lowest BCUT2D eigenvalue weighted by Crippen LogP contribution is -2.41. The smallest absolute Gasteiger partial charge is 0.287 e. The highest BCUT2D eigenvalue weighted by atomic mass is 16.3. The van der Waals surface area contributed by atoms with Crippen LogP contribution < -0.4 is 10.7 Å². The van der Waals surface area contributed by atoms with Crippen molar-refractivity contribution in [2.45, 2.75) is 46.6 Å². The number of benzene rings is 1. The van der Waals surface area contributed by atoms with Crippen LogP contribution >= 0.6 is 0 Å². The second-order valence-corrected chi connectivity index (χ2v) is 8.80. The molecule has 1 atom stereocenters. The van der Waals surface area contributed by atoms with Gasteiger partial charge in [0.1, 0.15) is 17.1 Å². The molecular weight excluding hydrogens is 392 g/mol. The number of rotatable bonds is 5. The molecule has 31 heavy (non-hydrogen) atoms. The molecule has 3 heterocycles. The quantitative estimate of drug-likeness (QED) is 0.655. The molecule has 0 saturated carbocycles. The van der Waals surface area contributed by atoms with Gasteiger partial charge >= 0.3 is 0 Å².